The lowest BCUT2D eigenvalue weighted by atomic mass is 9.96. The molecule has 0 atom stereocenters. The molecule has 2 N–H and O–H groups in total. The van der Waals surface area contributed by atoms with Gasteiger partial charge in [0.05, 0.1) is 123 Å². The largest absolute Gasteiger partial charge is 0.354 e. The van der Waals surface area contributed by atoms with Crippen molar-refractivity contribution < 1.29 is 0 Å². The molecule has 0 amide bonds. The average molecular weight is 927 g/mol. The fraction of sp³-hybridized carbons (Fsp3) is 0.133. The summed E-state index contributed by atoms with van der Waals surface area (Å²) < 4.78 is 0. The monoisotopic (exact) mass is 926 g/mol. The molecule has 338 valence electrons. The molecule has 72 heavy (non-hydrogen) atoms. The van der Waals surface area contributed by atoms with Crippen LogP contribution in [0.3, 0.4) is 0 Å². The summed E-state index contributed by atoms with van der Waals surface area (Å²) in [5.41, 5.74) is 16.4. The smallest absolute Gasteiger partial charge is 0.0737 e. The van der Waals surface area contributed by atoms with Crippen molar-refractivity contribution in [3.05, 3.63) is 164 Å². The van der Waals surface area contributed by atoms with Crippen LogP contribution in [0.25, 0.3) is 90.9 Å². The summed E-state index contributed by atoms with van der Waals surface area (Å²) in [5.74, 6) is 0. The van der Waals surface area contributed by atoms with Gasteiger partial charge < -0.3 is 9.97 Å². The number of hydrogen-bond donors (Lipinski definition) is 2. The number of nitrogens with one attached hydrogen (secondary N) is 2. The van der Waals surface area contributed by atoms with Crippen LogP contribution >= 0.6 is 0 Å². The molecule has 0 unspecified atom stereocenters. The van der Waals surface area contributed by atoms with Crippen LogP contribution in [-0.4, -0.2) is 19.9 Å². The number of nitriles is 8. The highest BCUT2D eigenvalue weighted by Gasteiger charge is 2.21. The van der Waals surface area contributed by atoms with E-state index in [0.717, 1.165) is 66.8 Å². The van der Waals surface area contributed by atoms with Gasteiger partial charge in [-0.15, -0.1) is 0 Å². The van der Waals surface area contributed by atoms with Gasteiger partial charge in [0.2, 0.25) is 0 Å². The predicted molar refractivity (Wildman–Crippen MR) is 275 cm³/mol. The molecule has 12 heteroatoms. The van der Waals surface area contributed by atoms with Gasteiger partial charge in [-0.1, -0.05) is 24.3 Å². The summed E-state index contributed by atoms with van der Waals surface area (Å²) in [7, 11) is 0. The molecule has 7 aromatic rings. The van der Waals surface area contributed by atoms with Crippen molar-refractivity contribution in [1.29, 1.82) is 42.1 Å². The van der Waals surface area contributed by atoms with Gasteiger partial charge in [0, 0.05) is 44.3 Å². The van der Waals surface area contributed by atoms with Gasteiger partial charge in [0.1, 0.15) is 0 Å². The Morgan fingerprint density at radius 3 is 0.625 bits per heavy atom. The minimum absolute atomic E-state index is 0.112. The first-order chi connectivity index (χ1) is 35.3. The number of fused-ring (bicyclic) bond motifs is 8. The Balaban J connectivity index is 1.50. The standard InChI is InChI=1S/C60H38N12/c61-17-9-37-25-38(10-18-62)30-45(29-37)57-49-1-2-50(69-49)58(46-31-39(11-19-63)26-40(32-46)12-20-64)52-5-6-54(71-52)60(48-35-43(15-23-67)28-44(36-48)16-24-68)56-8-7-55(72-56)59(53-4-3-51(57)70-53)47-33-41(13-21-65)27-42(34-47)14-22-66/h1-8,25-36,69,72H,9-16H2. The molecule has 0 fully saturated rings. The van der Waals surface area contributed by atoms with Crippen molar-refractivity contribution in [2.75, 3.05) is 0 Å². The van der Waals surface area contributed by atoms with E-state index in [9.17, 15) is 42.1 Å². The fourth-order valence-corrected chi connectivity index (χ4v) is 9.59. The highest BCUT2D eigenvalue weighted by Crippen LogP contribution is 2.40. The first kappa shape index (κ1) is 46.5. The number of nitrogens with zero attached hydrogens (tertiary/aromatic N) is 10. The number of aromatic amines is 2. The first-order valence-electron chi connectivity index (χ1n) is 22.9. The van der Waals surface area contributed by atoms with Crippen LogP contribution < -0.4 is 0 Å². The molecule has 2 aliphatic rings. The maximum Gasteiger partial charge on any atom is 0.0737 e. The van der Waals surface area contributed by atoms with E-state index in [2.05, 4.69) is 58.5 Å². The molecule has 8 bridgehead atoms. The van der Waals surface area contributed by atoms with Crippen LogP contribution in [0.1, 0.15) is 67.3 Å². The predicted octanol–water partition coefficient (Wildman–Crippen LogP) is 11.9. The third-order valence-electron chi connectivity index (χ3n) is 12.4. The van der Waals surface area contributed by atoms with Gasteiger partial charge >= 0.3 is 0 Å². The average Bonchev–Trinajstić information content (AvgIpc) is 4.21. The number of hydrogen-bond acceptors (Lipinski definition) is 10. The van der Waals surface area contributed by atoms with Crippen molar-refractivity contribution in [3.8, 4) is 93.1 Å². The SMILES string of the molecule is N#CCc1cc(CC#N)cc(-c2c3nc(c(-c4cc(CC#N)cc(CC#N)c4)c4ccc([nH]4)c(-c4cc(CC#N)cc(CC#N)c4)c4nc(c(-c5cc(CC#N)cc(CC#N)c5)c5ccc2[nH]5)C=C4)C=C3)c1. The molecule has 0 spiro atoms. The van der Waals surface area contributed by atoms with Gasteiger partial charge in [-0.05, 0) is 164 Å². The Kier molecular flexibility index (Phi) is 13.4. The number of H-pyrrole nitrogens is 2. The molecular formula is C60H38N12. The van der Waals surface area contributed by atoms with Crippen molar-refractivity contribution in [2.24, 2.45) is 0 Å². The van der Waals surface area contributed by atoms with Gasteiger partial charge in [-0.3, -0.25) is 0 Å². The Bertz CT molecular complexity index is 3350. The topological polar surface area (TPSA) is 248 Å². The van der Waals surface area contributed by atoms with Crippen LogP contribution in [0.2, 0.25) is 0 Å². The molecule has 5 heterocycles. The van der Waals surface area contributed by atoms with E-state index in [-0.39, 0.29) is 51.4 Å². The second-order valence-corrected chi connectivity index (χ2v) is 17.3. The molecule has 0 radical (unpaired) electrons. The van der Waals surface area contributed by atoms with Gasteiger partial charge in [-0.25, -0.2) is 9.97 Å². The number of rotatable bonds is 12. The molecular weight excluding hydrogens is 889 g/mol. The zero-order chi connectivity index (χ0) is 50.1. The molecule has 3 aromatic heterocycles. The second kappa shape index (κ2) is 20.7. The highest BCUT2D eigenvalue weighted by atomic mass is 14.8. The van der Waals surface area contributed by atoms with Gasteiger partial charge in [0.25, 0.3) is 0 Å². The maximum atomic E-state index is 9.86. The Hall–Kier alpha value is -10.6. The van der Waals surface area contributed by atoms with E-state index in [1.807, 2.05) is 121 Å². The lowest BCUT2D eigenvalue weighted by Gasteiger charge is -2.11. The van der Waals surface area contributed by atoms with Crippen molar-refractivity contribution >= 4 is 46.4 Å². The normalized spacial score (nSPS) is 11.0. The zero-order valence-corrected chi connectivity index (χ0v) is 38.7. The summed E-state index contributed by atoms with van der Waals surface area (Å²) in [6, 6.07) is 48.8. The van der Waals surface area contributed by atoms with Crippen LogP contribution in [-0.2, 0) is 51.4 Å². The van der Waals surface area contributed by atoms with Crippen LogP contribution in [0, 0.1) is 90.6 Å². The van der Waals surface area contributed by atoms with Crippen LogP contribution in [0.5, 0.6) is 0 Å². The van der Waals surface area contributed by atoms with Crippen LogP contribution in [0.15, 0.2) is 97.1 Å². The summed E-state index contributed by atoms with van der Waals surface area (Å²) >= 11 is 0. The third-order valence-corrected chi connectivity index (χ3v) is 12.4. The Labute approximate surface area is 415 Å². The summed E-state index contributed by atoms with van der Waals surface area (Å²) in [6.45, 7) is 0. The molecule has 0 saturated heterocycles. The molecule has 4 aromatic carbocycles. The minimum Gasteiger partial charge on any atom is -0.354 e. The van der Waals surface area contributed by atoms with Crippen LogP contribution in [0.4, 0.5) is 0 Å². The second-order valence-electron chi connectivity index (χ2n) is 17.3. The van der Waals surface area contributed by atoms with Gasteiger partial charge in [0.15, 0.2) is 0 Å². The van der Waals surface area contributed by atoms with Crippen molar-refractivity contribution in [1.82, 2.24) is 19.9 Å². The van der Waals surface area contributed by atoms with Crippen molar-refractivity contribution in [2.45, 2.75) is 51.4 Å². The van der Waals surface area contributed by atoms with E-state index in [1.165, 1.54) is 0 Å². The van der Waals surface area contributed by atoms with E-state index < -0.39 is 0 Å². The molecule has 0 saturated carbocycles. The van der Waals surface area contributed by atoms with E-state index >= 15 is 0 Å². The Morgan fingerprint density at radius 1 is 0.278 bits per heavy atom. The fourth-order valence-electron chi connectivity index (χ4n) is 9.59. The Morgan fingerprint density at radius 2 is 0.458 bits per heavy atom. The molecule has 9 rings (SSSR count). The highest BCUT2D eigenvalue weighted by molar-refractivity contribution is 6.00. The van der Waals surface area contributed by atoms with Gasteiger partial charge in [-0.2, -0.15) is 42.1 Å². The minimum atomic E-state index is 0.112. The number of benzene rings is 4. The van der Waals surface area contributed by atoms with E-state index in [4.69, 9.17) is 9.97 Å². The molecule has 2 aliphatic heterocycles. The van der Waals surface area contributed by atoms with E-state index in [0.29, 0.717) is 67.1 Å². The maximum absolute atomic E-state index is 9.86. The molecule has 12 nitrogen and oxygen atoms in total. The number of aromatic nitrogens is 4. The summed E-state index contributed by atoms with van der Waals surface area (Å²) in [5, 5.41) is 78.9. The third kappa shape index (κ3) is 9.58. The lowest BCUT2D eigenvalue weighted by molar-refractivity contribution is 1.20. The zero-order valence-electron chi connectivity index (χ0n) is 38.7. The lowest BCUT2D eigenvalue weighted by Crippen LogP contribution is -1.95. The van der Waals surface area contributed by atoms with E-state index in [1.54, 1.807) is 0 Å². The van der Waals surface area contributed by atoms with Crippen molar-refractivity contribution in [3.63, 3.8) is 0 Å². The first-order valence-corrected chi connectivity index (χ1v) is 22.9. The summed E-state index contributed by atoms with van der Waals surface area (Å²) in [6.07, 6.45) is 8.59. The quantitative estimate of drug-likeness (QED) is 0.117. The summed E-state index contributed by atoms with van der Waals surface area (Å²) in [4.78, 5) is 18.2. The molecule has 0 aliphatic carbocycles.